The van der Waals surface area contributed by atoms with Gasteiger partial charge in [0, 0.05) is 12.6 Å². The normalized spacial score (nSPS) is 12.8. The van der Waals surface area contributed by atoms with Gasteiger partial charge in [-0.1, -0.05) is 27.7 Å². The number of nitrogens with two attached hydrogens (primary N) is 1. The van der Waals surface area contributed by atoms with Crippen molar-refractivity contribution in [1.29, 1.82) is 0 Å². The van der Waals surface area contributed by atoms with Gasteiger partial charge in [-0.3, -0.25) is 0 Å². The summed E-state index contributed by atoms with van der Waals surface area (Å²) < 4.78 is 0. The molecule has 2 nitrogen and oxygen atoms in total. The largest absolute Gasteiger partial charge is 0.329 e. The van der Waals surface area contributed by atoms with E-state index in [4.69, 9.17) is 5.73 Å². The van der Waals surface area contributed by atoms with Crippen molar-refractivity contribution in [2.75, 3.05) is 20.6 Å². The van der Waals surface area contributed by atoms with Crippen LogP contribution in [0.2, 0.25) is 0 Å². The van der Waals surface area contributed by atoms with E-state index in [1.807, 2.05) is 13.8 Å². The first-order valence-corrected chi connectivity index (χ1v) is 4.46. The Kier molecular flexibility index (Phi) is 9.85. The summed E-state index contributed by atoms with van der Waals surface area (Å²) in [6, 6.07) is 0.532. The van der Waals surface area contributed by atoms with Crippen LogP contribution in [-0.2, 0) is 0 Å². The van der Waals surface area contributed by atoms with Crippen molar-refractivity contribution in [3.05, 3.63) is 0 Å². The van der Waals surface area contributed by atoms with Gasteiger partial charge in [0.25, 0.3) is 0 Å². The third-order valence-corrected chi connectivity index (χ3v) is 1.67. The molecule has 0 aliphatic rings. The van der Waals surface area contributed by atoms with Gasteiger partial charge in [-0.05, 0) is 20.0 Å². The summed E-state index contributed by atoms with van der Waals surface area (Å²) in [5.41, 5.74) is 5.53. The molecule has 0 saturated heterocycles. The Morgan fingerprint density at radius 3 is 1.55 bits per heavy atom. The molecule has 0 rings (SSSR count). The second-order valence-corrected chi connectivity index (χ2v) is 3.01. The maximum atomic E-state index is 5.53. The van der Waals surface area contributed by atoms with Crippen molar-refractivity contribution >= 4 is 0 Å². The molecular weight excluding hydrogens is 136 g/mol. The van der Waals surface area contributed by atoms with Crippen molar-refractivity contribution in [2.45, 2.75) is 33.7 Å². The molecule has 0 aliphatic heterocycles. The zero-order valence-electron chi connectivity index (χ0n) is 8.89. The highest BCUT2D eigenvalue weighted by molar-refractivity contribution is 4.69. The molecule has 0 bridgehead atoms. The van der Waals surface area contributed by atoms with E-state index in [-0.39, 0.29) is 0 Å². The van der Waals surface area contributed by atoms with Gasteiger partial charge in [0.2, 0.25) is 0 Å². The molecular formula is C9H24N2. The molecule has 0 aliphatic carbocycles. The summed E-state index contributed by atoms with van der Waals surface area (Å²) in [4.78, 5) is 2.17. The van der Waals surface area contributed by atoms with Gasteiger partial charge >= 0.3 is 0 Å². The summed E-state index contributed by atoms with van der Waals surface area (Å²) in [5.74, 6) is 0.657. The van der Waals surface area contributed by atoms with E-state index in [2.05, 4.69) is 32.8 Å². The Hall–Kier alpha value is -0.0800. The van der Waals surface area contributed by atoms with E-state index in [1.54, 1.807) is 0 Å². The molecule has 0 aromatic carbocycles. The average molecular weight is 160 g/mol. The van der Waals surface area contributed by atoms with Gasteiger partial charge in [0.15, 0.2) is 0 Å². The molecule has 2 heteroatoms. The van der Waals surface area contributed by atoms with E-state index in [0.29, 0.717) is 12.0 Å². The standard InChI is InChI=1S/C7H18N2.C2H6/c1-6(2)7(5-8)9(3)4;1-2/h6-7H,5,8H2,1-4H3;1-2H3/t7-;/m1./s1. The molecule has 0 spiro atoms. The Morgan fingerprint density at radius 2 is 1.55 bits per heavy atom. The van der Waals surface area contributed by atoms with Crippen LogP contribution in [0.25, 0.3) is 0 Å². The molecule has 0 aromatic heterocycles. The Bertz CT molecular complexity index is 62.0. The van der Waals surface area contributed by atoms with Crippen molar-refractivity contribution in [3.8, 4) is 0 Å². The third-order valence-electron chi connectivity index (χ3n) is 1.67. The monoisotopic (exact) mass is 160 g/mol. The van der Waals surface area contributed by atoms with E-state index in [0.717, 1.165) is 6.54 Å². The summed E-state index contributed by atoms with van der Waals surface area (Å²) >= 11 is 0. The number of hydrogen-bond donors (Lipinski definition) is 1. The van der Waals surface area contributed by atoms with Gasteiger partial charge in [0.1, 0.15) is 0 Å². The third kappa shape index (κ3) is 6.32. The van der Waals surface area contributed by atoms with Crippen LogP contribution >= 0.6 is 0 Å². The minimum Gasteiger partial charge on any atom is -0.329 e. The van der Waals surface area contributed by atoms with E-state index in [9.17, 15) is 0 Å². The SMILES string of the molecule is CC.CC(C)[C@@H](CN)N(C)C. The molecule has 11 heavy (non-hydrogen) atoms. The van der Waals surface area contributed by atoms with Crippen LogP contribution in [0.15, 0.2) is 0 Å². The molecule has 0 radical (unpaired) electrons. The molecule has 70 valence electrons. The van der Waals surface area contributed by atoms with Gasteiger partial charge < -0.3 is 10.6 Å². The average Bonchev–Trinajstić information content (AvgIpc) is 1.91. The highest BCUT2D eigenvalue weighted by Gasteiger charge is 2.12. The molecule has 0 aromatic rings. The second kappa shape index (κ2) is 8.02. The number of hydrogen-bond acceptors (Lipinski definition) is 2. The van der Waals surface area contributed by atoms with Crippen LogP contribution in [0.1, 0.15) is 27.7 Å². The van der Waals surface area contributed by atoms with E-state index in [1.165, 1.54) is 0 Å². The second-order valence-electron chi connectivity index (χ2n) is 3.01. The van der Waals surface area contributed by atoms with E-state index >= 15 is 0 Å². The zero-order chi connectivity index (χ0) is 9.44. The van der Waals surface area contributed by atoms with Crippen LogP contribution < -0.4 is 5.73 Å². The Morgan fingerprint density at radius 1 is 1.18 bits per heavy atom. The van der Waals surface area contributed by atoms with Crippen LogP contribution in [0, 0.1) is 5.92 Å². The first-order chi connectivity index (χ1) is 5.09. The lowest BCUT2D eigenvalue weighted by Crippen LogP contribution is -2.39. The fourth-order valence-electron chi connectivity index (χ4n) is 1.08. The predicted molar refractivity (Wildman–Crippen MR) is 52.7 cm³/mol. The molecule has 0 fully saturated rings. The van der Waals surface area contributed by atoms with Crippen LogP contribution in [0.5, 0.6) is 0 Å². The fourth-order valence-corrected chi connectivity index (χ4v) is 1.08. The van der Waals surface area contributed by atoms with Gasteiger partial charge in [-0.15, -0.1) is 0 Å². The highest BCUT2D eigenvalue weighted by Crippen LogP contribution is 2.04. The highest BCUT2D eigenvalue weighted by atomic mass is 15.1. The number of rotatable bonds is 3. The first kappa shape index (κ1) is 13.5. The molecule has 1 atom stereocenters. The van der Waals surface area contributed by atoms with Crippen LogP contribution in [-0.4, -0.2) is 31.6 Å². The summed E-state index contributed by atoms with van der Waals surface area (Å²) in [6.07, 6.45) is 0. The van der Waals surface area contributed by atoms with Gasteiger partial charge in [-0.25, -0.2) is 0 Å². The van der Waals surface area contributed by atoms with Crippen molar-refractivity contribution < 1.29 is 0 Å². The summed E-state index contributed by atoms with van der Waals surface area (Å²) in [5, 5.41) is 0. The minimum atomic E-state index is 0.532. The van der Waals surface area contributed by atoms with E-state index < -0.39 is 0 Å². The van der Waals surface area contributed by atoms with Gasteiger partial charge in [-0.2, -0.15) is 0 Å². The van der Waals surface area contributed by atoms with Crippen molar-refractivity contribution in [3.63, 3.8) is 0 Å². The number of nitrogens with zero attached hydrogens (tertiary/aromatic N) is 1. The lowest BCUT2D eigenvalue weighted by atomic mass is 10.0. The molecule has 2 N–H and O–H groups in total. The minimum absolute atomic E-state index is 0.532. The van der Waals surface area contributed by atoms with Crippen LogP contribution in [0.4, 0.5) is 0 Å². The van der Waals surface area contributed by atoms with Crippen LogP contribution in [0.3, 0.4) is 0 Å². The molecule has 0 heterocycles. The molecule has 0 saturated carbocycles. The maximum Gasteiger partial charge on any atom is 0.0235 e. The molecule has 0 unspecified atom stereocenters. The topological polar surface area (TPSA) is 29.3 Å². The first-order valence-electron chi connectivity index (χ1n) is 4.46. The van der Waals surface area contributed by atoms with Crippen molar-refractivity contribution in [2.24, 2.45) is 11.7 Å². The maximum absolute atomic E-state index is 5.53. The Balaban J connectivity index is 0. The van der Waals surface area contributed by atoms with Crippen molar-refractivity contribution in [1.82, 2.24) is 4.90 Å². The summed E-state index contributed by atoms with van der Waals surface area (Å²) in [7, 11) is 4.13. The molecule has 0 amide bonds. The predicted octanol–water partition coefficient (Wildman–Crippen LogP) is 1.56. The zero-order valence-corrected chi connectivity index (χ0v) is 8.89. The lowest BCUT2D eigenvalue weighted by molar-refractivity contribution is 0.238. The summed E-state index contributed by atoms with van der Waals surface area (Å²) in [6.45, 7) is 9.14. The Labute approximate surface area is 71.8 Å². The smallest absolute Gasteiger partial charge is 0.0235 e. The lowest BCUT2D eigenvalue weighted by Gasteiger charge is -2.25. The number of likely N-dealkylation sites (N-methyl/N-ethyl adjacent to an activating group) is 1. The fraction of sp³-hybridized carbons (Fsp3) is 1.00. The quantitative estimate of drug-likeness (QED) is 0.679. The van der Waals surface area contributed by atoms with Gasteiger partial charge in [0.05, 0.1) is 0 Å².